The molecule has 0 aliphatic heterocycles. The fraction of sp³-hybridized carbons (Fsp3) is 0.636. The van der Waals surface area contributed by atoms with E-state index in [9.17, 15) is 4.79 Å². The zero-order valence-corrected chi connectivity index (χ0v) is 9.39. The molecule has 0 radical (unpaired) electrons. The standard InChI is InChI=1S/C11H16N2O3/c1-2-3-8-15-11(14)13-7-6-10(12-13)16-9-4-5-9/h6-7,9H,2-5,8H2,1H3. The zero-order valence-electron chi connectivity index (χ0n) is 9.39. The van der Waals surface area contributed by atoms with E-state index in [-0.39, 0.29) is 0 Å². The summed E-state index contributed by atoms with van der Waals surface area (Å²) >= 11 is 0. The maximum absolute atomic E-state index is 11.5. The second kappa shape index (κ2) is 5.01. The van der Waals surface area contributed by atoms with Gasteiger partial charge in [0.25, 0.3) is 0 Å². The van der Waals surface area contributed by atoms with Crippen LogP contribution in [-0.4, -0.2) is 28.6 Å². The molecule has 0 spiro atoms. The molecule has 0 saturated heterocycles. The van der Waals surface area contributed by atoms with E-state index in [2.05, 4.69) is 5.10 Å². The molecule has 0 unspecified atom stereocenters. The first kappa shape index (κ1) is 11.0. The number of carbonyl (C=O) groups excluding carboxylic acids is 1. The average Bonchev–Trinajstić information content (AvgIpc) is 2.95. The van der Waals surface area contributed by atoms with Gasteiger partial charge in [-0.25, -0.2) is 4.79 Å². The molecule has 0 bridgehead atoms. The summed E-state index contributed by atoms with van der Waals surface area (Å²) in [5.41, 5.74) is 0. The molecule has 5 heteroatoms. The van der Waals surface area contributed by atoms with E-state index in [1.165, 1.54) is 4.68 Å². The molecule has 1 aliphatic rings. The van der Waals surface area contributed by atoms with Crippen molar-refractivity contribution in [1.29, 1.82) is 0 Å². The van der Waals surface area contributed by atoms with Crippen LogP contribution in [0.4, 0.5) is 4.79 Å². The summed E-state index contributed by atoms with van der Waals surface area (Å²) in [6.07, 6.45) is 5.44. The Morgan fingerprint density at radius 1 is 1.62 bits per heavy atom. The number of ether oxygens (including phenoxy) is 2. The van der Waals surface area contributed by atoms with Crippen molar-refractivity contribution in [1.82, 2.24) is 9.78 Å². The number of rotatable bonds is 5. The van der Waals surface area contributed by atoms with Crippen LogP contribution in [0.3, 0.4) is 0 Å². The van der Waals surface area contributed by atoms with Gasteiger partial charge in [-0.2, -0.15) is 4.68 Å². The van der Waals surface area contributed by atoms with Crippen molar-refractivity contribution in [2.75, 3.05) is 6.61 Å². The lowest BCUT2D eigenvalue weighted by Gasteiger charge is -2.02. The lowest BCUT2D eigenvalue weighted by Crippen LogP contribution is -2.15. The Hall–Kier alpha value is -1.52. The Labute approximate surface area is 94.3 Å². The van der Waals surface area contributed by atoms with Crippen LogP contribution in [0.2, 0.25) is 0 Å². The summed E-state index contributed by atoms with van der Waals surface area (Å²) in [6.45, 7) is 2.48. The van der Waals surface area contributed by atoms with Crippen molar-refractivity contribution in [2.24, 2.45) is 0 Å². The van der Waals surface area contributed by atoms with Gasteiger partial charge >= 0.3 is 6.09 Å². The topological polar surface area (TPSA) is 53.4 Å². The van der Waals surface area contributed by atoms with Gasteiger partial charge in [0.2, 0.25) is 5.88 Å². The number of hydrogen-bond donors (Lipinski definition) is 0. The lowest BCUT2D eigenvalue weighted by atomic mass is 10.4. The van der Waals surface area contributed by atoms with Gasteiger partial charge in [0, 0.05) is 12.3 Å². The van der Waals surface area contributed by atoms with Crippen molar-refractivity contribution < 1.29 is 14.3 Å². The molecule has 1 heterocycles. The summed E-state index contributed by atoms with van der Waals surface area (Å²) in [7, 11) is 0. The predicted molar refractivity (Wildman–Crippen MR) is 57.5 cm³/mol. The van der Waals surface area contributed by atoms with Crippen LogP contribution < -0.4 is 4.74 Å². The fourth-order valence-corrected chi connectivity index (χ4v) is 1.20. The molecule has 0 amide bonds. The normalized spacial score (nSPS) is 14.8. The smallest absolute Gasteiger partial charge is 0.434 e. The highest BCUT2D eigenvalue weighted by Gasteiger charge is 2.24. The van der Waals surface area contributed by atoms with Crippen LogP contribution in [0.5, 0.6) is 5.88 Å². The number of aromatic nitrogens is 2. The number of unbranched alkanes of at least 4 members (excludes halogenated alkanes) is 1. The van der Waals surface area contributed by atoms with Crippen LogP contribution in [0.15, 0.2) is 12.3 Å². The summed E-state index contributed by atoms with van der Waals surface area (Å²) in [5, 5.41) is 3.99. The van der Waals surface area contributed by atoms with E-state index in [1.54, 1.807) is 12.3 Å². The molecule has 0 aromatic carbocycles. The van der Waals surface area contributed by atoms with Gasteiger partial charge in [-0.05, 0) is 19.3 Å². The zero-order chi connectivity index (χ0) is 11.4. The first-order chi connectivity index (χ1) is 7.79. The first-order valence-electron chi connectivity index (χ1n) is 5.69. The van der Waals surface area contributed by atoms with Crippen molar-refractivity contribution in [3.05, 3.63) is 12.3 Å². The molecule has 1 aliphatic carbocycles. The maximum atomic E-state index is 11.5. The number of carbonyl (C=O) groups is 1. The van der Waals surface area contributed by atoms with E-state index >= 15 is 0 Å². The van der Waals surface area contributed by atoms with E-state index < -0.39 is 6.09 Å². The Kier molecular flexibility index (Phi) is 3.44. The van der Waals surface area contributed by atoms with Gasteiger partial charge in [0.1, 0.15) is 6.10 Å². The third-order valence-corrected chi connectivity index (χ3v) is 2.29. The highest BCUT2D eigenvalue weighted by molar-refractivity contribution is 5.69. The molecule has 88 valence electrons. The Morgan fingerprint density at radius 2 is 2.44 bits per heavy atom. The third-order valence-electron chi connectivity index (χ3n) is 2.29. The van der Waals surface area contributed by atoms with Crippen LogP contribution in [0, 0.1) is 0 Å². The van der Waals surface area contributed by atoms with Crippen LogP contribution in [0.25, 0.3) is 0 Å². The Bertz CT molecular complexity index is 358. The average molecular weight is 224 g/mol. The molecule has 16 heavy (non-hydrogen) atoms. The molecule has 2 rings (SSSR count). The van der Waals surface area contributed by atoms with Crippen molar-refractivity contribution in [2.45, 2.75) is 38.7 Å². The second-order valence-electron chi connectivity index (χ2n) is 3.88. The van der Waals surface area contributed by atoms with Gasteiger partial charge in [-0.3, -0.25) is 0 Å². The van der Waals surface area contributed by atoms with Gasteiger partial charge in [-0.1, -0.05) is 13.3 Å². The molecule has 5 nitrogen and oxygen atoms in total. The monoisotopic (exact) mass is 224 g/mol. The summed E-state index contributed by atoms with van der Waals surface area (Å²) in [5.74, 6) is 0.495. The molecular formula is C11H16N2O3. The summed E-state index contributed by atoms with van der Waals surface area (Å²) < 4.78 is 11.6. The summed E-state index contributed by atoms with van der Waals surface area (Å²) in [6, 6.07) is 1.68. The molecular weight excluding hydrogens is 208 g/mol. The molecule has 1 fully saturated rings. The molecule has 1 saturated carbocycles. The highest BCUT2D eigenvalue weighted by atomic mass is 16.6. The SMILES string of the molecule is CCCCOC(=O)n1ccc(OC2CC2)n1. The van der Waals surface area contributed by atoms with Gasteiger partial charge < -0.3 is 9.47 Å². The number of nitrogens with zero attached hydrogens (tertiary/aromatic N) is 2. The quantitative estimate of drug-likeness (QED) is 0.719. The van der Waals surface area contributed by atoms with Crippen LogP contribution >= 0.6 is 0 Å². The third kappa shape index (κ3) is 2.98. The van der Waals surface area contributed by atoms with Gasteiger partial charge in [0.05, 0.1) is 6.61 Å². The number of hydrogen-bond acceptors (Lipinski definition) is 4. The first-order valence-corrected chi connectivity index (χ1v) is 5.69. The van der Waals surface area contributed by atoms with E-state index in [0.29, 0.717) is 18.6 Å². The molecule has 0 atom stereocenters. The van der Waals surface area contributed by atoms with Crippen LogP contribution in [0.1, 0.15) is 32.6 Å². The molecule has 1 aromatic heterocycles. The van der Waals surface area contributed by atoms with E-state index in [1.807, 2.05) is 6.92 Å². The highest BCUT2D eigenvalue weighted by Crippen LogP contribution is 2.25. The van der Waals surface area contributed by atoms with Crippen molar-refractivity contribution >= 4 is 6.09 Å². The lowest BCUT2D eigenvalue weighted by molar-refractivity contribution is 0.142. The van der Waals surface area contributed by atoms with Crippen LogP contribution in [-0.2, 0) is 4.74 Å². The molecule has 0 N–H and O–H groups in total. The van der Waals surface area contributed by atoms with E-state index in [0.717, 1.165) is 25.7 Å². The summed E-state index contributed by atoms with van der Waals surface area (Å²) in [4.78, 5) is 11.5. The van der Waals surface area contributed by atoms with Crippen molar-refractivity contribution in [3.8, 4) is 5.88 Å². The Morgan fingerprint density at radius 3 is 3.12 bits per heavy atom. The predicted octanol–water partition coefficient (Wildman–Crippen LogP) is 2.21. The second-order valence-corrected chi connectivity index (χ2v) is 3.88. The molecule has 1 aromatic rings. The Balaban J connectivity index is 1.82. The van der Waals surface area contributed by atoms with Crippen molar-refractivity contribution in [3.63, 3.8) is 0 Å². The minimum absolute atomic E-state index is 0.291. The van der Waals surface area contributed by atoms with Gasteiger partial charge in [0.15, 0.2) is 0 Å². The minimum atomic E-state index is -0.445. The fourth-order valence-electron chi connectivity index (χ4n) is 1.20. The largest absolute Gasteiger partial charge is 0.473 e. The van der Waals surface area contributed by atoms with E-state index in [4.69, 9.17) is 9.47 Å². The minimum Gasteiger partial charge on any atom is -0.473 e. The van der Waals surface area contributed by atoms with Gasteiger partial charge in [-0.15, -0.1) is 5.10 Å². The maximum Gasteiger partial charge on any atom is 0.434 e.